The molecule has 1 atom stereocenters. The van der Waals surface area contributed by atoms with Crippen molar-refractivity contribution >= 4 is 29.3 Å². The number of benzene rings is 2. The predicted octanol–water partition coefficient (Wildman–Crippen LogP) is 3.66. The standard InChI is InChI=1S/C23H27N5O3S/c1-14-6-9-18(12-15(14)2)25-20(29)13-32-23-27-26-21(28(23)4)16(3)24-22(30)17-7-10-19(31-5)11-8-17/h6-12,16H,13H2,1-5H3,(H,24,30)(H,25,29). The number of hydrogen-bond donors (Lipinski definition) is 2. The van der Waals surface area contributed by atoms with Crippen LogP contribution in [0.15, 0.2) is 47.6 Å². The van der Waals surface area contributed by atoms with Crippen molar-refractivity contribution in [3.8, 4) is 5.75 Å². The maximum absolute atomic E-state index is 12.5. The van der Waals surface area contributed by atoms with E-state index in [-0.39, 0.29) is 23.6 Å². The molecule has 168 valence electrons. The normalized spacial score (nSPS) is 11.7. The molecule has 2 N–H and O–H groups in total. The predicted molar refractivity (Wildman–Crippen MR) is 125 cm³/mol. The molecule has 2 amide bonds. The fourth-order valence-corrected chi connectivity index (χ4v) is 3.78. The Morgan fingerprint density at radius 2 is 1.81 bits per heavy atom. The molecular weight excluding hydrogens is 426 g/mol. The molecule has 2 aromatic carbocycles. The summed E-state index contributed by atoms with van der Waals surface area (Å²) >= 11 is 1.29. The van der Waals surface area contributed by atoms with E-state index >= 15 is 0 Å². The highest BCUT2D eigenvalue weighted by molar-refractivity contribution is 7.99. The van der Waals surface area contributed by atoms with Crippen molar-refractivity contribution in [2.75, 3.05) is 18.2 Å². The van der Waals surface area contributed by atoms with E-state index in [0.717, 1.165) is 11.3 Å². The quantitative estimate of drug-likeness (QED) is 0.505. The lowest BCUT2D eigenvalue weighted by Crippen LogP contribution is -2.28. The molecule has 1 heterocycles. The number of hydrogen-bond acceptors (Lipinski definition) is 6. The summed E-state index contributed by atoms with van der Waals surface area (Å²) in [4.78, 5) is 24.8. The summed E-state index contributed by atoms with van der Waals surface area (Å²) in [6.45, 7) is 5.88. The van der Waals surface area contributed by atoms with Crippen LogP contribution in [0.4, 0.5) is 5.69 Å². The first kappa shape index (κ1) is 23.3. The van der Waals surface area contributed by atoms with E-state index in [9.17, 15) is 9.59 Å². The number of methoxy groups -OCH3 is 1. The zero-order valence-corrected chi connectivity index (χ0v) is 19.6. The number of aromatic nitrogens is 3. The Morgan fingerprint density at radius 3 is 2.47 bits per heavy atom. The number of carbonyl (C=O) groups excluding carboxylic acids is 2. The van der Waals surface area contributed by atoms with Crippen molar-refractivity contribution in [2.45, 2.75) is 32.0 Å². The van der Waals surface area contributed by atoms with Crippen LogP contribution in [0.2, 0.25) is 0 Å². The van der Waals surface area contributed by atoms with Gasteiger partial charge >= 0.3 is 0 Å². The van der Waals surface area contributed by atoms with E-state index in [1.165, 1.54) is 17.3 Å². The number of anilines is 1. The molecule has 1 aromatic heterocycles. The van der Waals surface area contributed by atoms with Gasteiger partial charge in [-0.1, -0.05) is 17.8 Å². The number of carbonyl (C=O) groups is 2. The van der Waals surface area contributed by atoms with Gasteiger partial charge in [0.2, 0.25) is 5.91 Å². The fraction of sp³-hybridized carbons (Fsp3) is 0.304. The van der Waals surface area contributed by atoms with Crippen LogP contribution in [0.25, 0.3) is 0 Å². The van der Waals surface area contributed by atoms with Crippen LogP contribution in [-0.2, 0) is 11.8 Å². The molecule has 0 saturated carbocycles. The third-order valence-corrected chi connectivity index (χ3v) is 6.10. The number of nitrogens with zero attached hydrogens (tertiary/aromatic N) is 3. The molecule has 32 heavy (non-hydrogen) atoms. The number of rotatable bonds is 8. The molecule has 0 aliphatic carbocycles. The van der Waals surface area contributed by atoms with Crippen LogP contribution in [-0.4, -0.2) is 39.4 Å². The molecule has 8 nitrogen and oxygen atoms in total. The maximum atomic E-state index is 12.5. The zero-order valence-electron chi connectivity index (χ0n) is 18.8. The molecule has 0 spiro atoms. The largest absolute Gasteiger partial charge is 0.497 e. The summed E-state index contributed by atoms with van der Waals surface area (Å²) < 4.78 is 6.90. The fourth-order valence-electron chi connectivity index (χ4n) is 3.06. The lowest BCUT2D eigenvalue weighted by Gasteiger charge is -2.14. The summed E-state index contributed by atoms with van der Waals surface area (Å²) in [5, 5.41) is 14.8. The Bertz CT molecular complexity index is 1110. The summed E-state index contributed by atoms with van der Waals surface area (Å²) in [6.07, 6.45) is 0. The zero-order chi connectivity index (χ0) is 23.3. The van der Waals surface area contributed by atoms with Gasteiger partial charge in [0, 0.05) is 18.3 Å². The molecule has 3 rings (SSSR count). The van der Waals surface area contributed by atoms with E-state index in [1.54, 1.807) is 35.9 Å². The number of ether oxygens (including phenoxy) is 1. The van der Waals surface area contributed by atoms with Crippen molar-refractivity contribution in [1.29, 1.82) is 0 Å². The van der Waals surface area contributed by atoms with Gasteiger partial charge < -0.3 is 19.9 Å². The first-order valence-corrected chi connectivity index (χ1v) is 11.1. The van der Waals surface area contributed by atoms with Crippen LogP contribution in [0.3, 0.4) is 0 Å². The Labute approximate surface area is 191 Å². The Hall–Kier alpha value is -3.33. The SMILES string of the molecule is COc1ccc(C(=O)NC(C)c2nnc(SCC(=O)Nc3ccc(C)c(C)c3)n2C)cc1. The molecule has 3 aromatic rings. The minimum Gasteiger partial charge on any atom is -0.497 e. The molecule has 1 unspecified atom stereocenters. The molecule has 0 aliphatic heterocycles. The average molecular weight is 454 g/mol. The van der Waals surface area contributed by atoms with Gasteiger partial charge in [-0.05, 0) is 68.3 Å². The van der Waals surface area contributed by atoms with Crippen molar-refractivity contribution in [3.63, 3.8) is 0 Å². The topological polar surface area (TPSA) is 98.1 Å². The maximum Gasteiger partial charge on any atom is 0.251 e. The summed E-state index contributed by atoms with van der Waals surface area (Å²) in [6, 6.07) is 12.3. The van der Waals surface area contributed by atoms with E-state index < -0.39 is 0 Å². The van der Waals surface area contributed by atoms with Gasteiger partial charge in [-0.25, -0.2) is 0 Å². The van der Waals surface area contributed by atoms with Crippen LogP contribution in [0.5, 0.6) is 5.75 Å². The van der Waals surface area contributed by atoms with Gasteiger partial charge in [0.15, 0.2) is 11.0 Å². The molecule has 0 aliphatic rings. The highest BCUT2D eigenvalue weighted by Gasteiger charge is 2.19. The van der Waals surface area contributed by atoms with Crippen molar-refractivity contribution in [2.24, 2.45) is 7.05 Å². The molecule has 0 radical (unpaired) electrons. The number of aryl methyl sites for hydroxylation is 2. The monoisotopic (exact) mass is 453 g/mol. The minimum absolute atomic E-state index is 0.122. The second-order valence-electron chi connectivity index (χ2n) is 7.46. The summed E-state index contributed by atoms with van der Waals surface area (Å²) in [7, 11) is 3.39. The van der Waals surface area contributed by atoms with Gasteiger partial charge in [0.1, 0.15) is 5.75 Å². The van der Waals surface area contributed by atoms with E-state index in [2.05, 4.69) is 20.8 Å². The summed E-state index contributed by atoms with van der Waals surface area (Å²) in [5.74, 6) is 1.15. The highest BCUT2D eigenvalue weighted by Crippen LogP contribution is 2.21. The second-order valence-corrected chi connectivity index (χ2v) is 8.40. The van der Waals surface area contributed by atoms with Crippen LogP contribution < -0.4 is 15.4 Å². The third-order valence-electron chi connectivity index (χ3n) is 5.08. The number of amides is 2. The lowest BCUT2D eigenvalue weighted by atomic mass is 10.1. The lowest BCUT2D eigenvalue weighted by molar-refractivity contribution is -0.113. The van der Waals surface area contributed by atoms with E-state index in [4.69, 9.17) is 4.74 Å². The molecule has 9 heteroatoms. The molecule has 0 fully saturated rings. The van der Waals surface area contributed by atoms with Crippen LogP contribution in [0.1, 0.15) is 40.3 Å². The first-order valence-electron chi connectivity index (χ1n) is 10.1. The molecular formula is C23H27N5O3S. The summed E-state index contributed by atoms with van der Waals surface area (Å²) in [5.41, 5.74) is 3.60. The van der Waals surface area contributed by atoms with Crippen LogP contribution in [0, 0.1) is 13.8 Å². The van der Waals surface area contributed by atoms with E-state index in [1.807, 2.05) is 46.0 Å². The Balaban J connectivity index is 1.57. The van der Waals surface area contributed by atoms with Gasteiger partial charge in [-0.3, -0.25) is 9.59 Å². The van der Waals surface area contributed by atoms with Gasteiger partial charge in [0.25, 0.3) is 5.91 Å². The minimum atomic E-state index is -0.360. The van der Waals surface area contributed by atoms with E-state index in [0.29, 0.717) is 22.3 Å². The van der Waals surface area contributed by atoms with Gasteiger partial charge in [-0.2, -0.15) is 0 Å². The van der Waals surface area contributed by atoms with Crippen LogP contribution >= 0.6 is 11.8 Å². The third kappa shape index (κ3) is 5.67. The number of nitrogens with one attached hydrogen (secondary N) is 2. The Morgan fingerprint density at radius 1 is 1.09 bits per heavy atom. The molecule has 0 saturated heterocycles. The highest BCUT2D eigenvalue weighted by atomic mass is 32.2. The Kier molecular flexibility index (Phi) is 7.53. The second kappa shape index (κ2) is 10.3. The van der Waals surface area contributed by atoms with Gasteiger partial charge in [0.05, 0.1) is 18.9 Å². The first-order chi connectivity index (χ1) is 15.3. The van der Waals surface area contributed by atoms with Gasteiger partial charge in [-0.15, -0.1) is 10.2 Å². The van der Waals surface area contributed by atoms with Crippen molar-refractivity contribution in [3.05, 3.63) is 65.0 Å². The smallest absolute Gasteiger partial charge is 0.251 e. The molecule has 0 bridgehead atoms. The average Bonchev–Trinajstić information content (AvgIpc) is 3.15. The van der Waals surface area contributed by atoms with Crippen molar-refractivity contribution in [1.82, 2.24) is 20.1 Å². The number of thioether (sulfide) groups is 1. The van der Waals surface area contributed by atoms with Crippen molar-refractivity contribution < 1.29 is 14.3 Å².